The maximum atomic E-state index is 15.4. The van der Waals surface area contributed by atoms with Crippen molar-refractivity contribution in [2.75, 3.05) is 24.5 Å². The minimum absolute atomic E-state index is 0.0160. The van der Waals surface area contributed by atoms with Crippen molar-refractivity contribution in [1.82, 2.24) is 20.0 Å². The number of nitrogens with one attached hydrogen (secondary N) is 1. The van der Waals surface area contributed by atoms with Crippen LogP contribution in [0.25, 0.3) is 22.3 Å². The summed E-state index contributed by atoms with van der Waals surface area (Å²) in [6.07, 6.45) is -3.35. The maximum Gasteiger partial charge on any atom is 0.416 e. The second-order valence-electron chi connectivity index (χ2n) is 10.2. The standard InChI is InChI=1S/C30H21F6N5O3/c31-19-5-1-16(2-6-19)9-27-38-29(39-44-27)21-14-41(13-17-3-4-18(10-22(17)32)30(34,35)36)24-12-25(23(33)11-20(24)28(21)43)40-8-7-37-26(42)15-40/h1-6,10-12,14H,7-9,13,15H2,(H,37,42). The highest BCUT2D eigenvalue weighted by Gasteiger charge is 2.31. The van der Waals surface area contributed by atoms with E-state index in [-0.39, 0.29) is 77.9 Å². The molecule has 3 aromatic carbocycles. The van der Waals surface area contributed by atoms with E-state index in [0.717, 1.165) is 18.2 Å². The highest BCUT2D eigenvalue weighted by molar-refractivity contribution is 5.88. The lowest BCUT2D eigenvalue weighted by Crippen LogP contribution is -2.48. The minimum Gasteiger partial charge on any atom is -0.358 e. The summed E-state index contributed by atoms with van der Waals surface area (Å²) in [7, 11) is 0. The zero-order valence-electron chi connectivity index (χ0n) is 22.6. The Morgan fingerprint density at radius 1 is 0.955 bits per heavy atom. The molecule has 1 aliphatic rings. The molecule has 6 rings (SSSR count). The van der Waals surface area contributed by atoms with Crippen molar-refractivity contribution in [2.24, 2.45) is 0 Å². The van der Waals surface area contributed by atoms with Gasteiger partial charge in [0.15, 0.2) is 0 Å². The Bertz CT molecular complexity index is 1950. The first-order valence-electron chi connectivity index (χ1n) is 13.3. The molecule has 0 aliphatic carbocycles. The number of rotatable bonds is 6. The number of pyridine rings is 1. The van der Waals surface area contributed by atoms with Crippen molar-refractivity contribution < 1.29 is 35.7 Å². The van der Waals surface area contributed by atoms with Gasteiger partial charge in [0.2, 0.25) is 23.1 Å². The Morgan fingerprint density at radius 3 is 2.43 bits per heavy atom. The summed E-state index contributed by atoms with van der Waals surface area (Å²) in [6, 6.07) is 9.98. The average molecular weight is 614 g/mol. The topological polar surface area (TPSA) is 93.3 Å². The predicted molar refractivity (Wildman–Crippen MR) is 146 cm³/mol. The van der Waals surface area contributed by atoms with Crippen LogP contribution in [-0.2, 0) is 23.9 Å². The van der Waals surface area contributed by atoms with Crippen molar-refractivity contribution in [2.45, 2.75) is 19.1 Å². The number of halogens is 6. The van der Waals surface area contributed by atoms with Gasteiger partial charge < -0.3 is 19.3 Å². The molecule has 1 saturated heterocycles. The van der Waals surface area contributed by atoms with E-state index in [4.69, 9.17) is 4.52 Å². The summed E-state index contributed by atoms with van der Waals surface area (Å²) < 4.78 is 89.8. The van der Waals surface area contributed by atoms with Crippen LogP contribution in [0.2, 0.25) is 0 Å². The van der Waals surface area contributed by atoms with Gasteiger partial charge in [-0.3, -0.25) is 9.59 Å². The molecule has 1 amide bonds. The number of carbonyl (C=O) groups excluding carboxylic acids is 1. The molecular formula is C30H21F6N5O3. The number of carbonyl (C=O) groups is 1. The Morgan fingerprint density at radius 2 is 1.73 bits per heavy atom. The fourth-order valence-corrected chi connectivity index (χ4v) is 5.02. The smallest absolute Gasteiger partial charge is 0.358 e. The van der Waals surface area contributed by atoms with Gasteiger partial charge in [0.25, 0.3) is 0 Å². The van der Waals surface area contributed by atoms with E-state index < -0.39 is 34.6 Å². The molecule has 1 fully saturated rings. The van der Waals surface area contributed by atoms with Crippen molar-refractivity contribution in [3.05, 3.63) is 111 Å². The lowest BCUT2D eigenvalue weighted by atomic mass is 10.1. The van der Waals surface area contributed by atoms with Crippen molar-refractivity contribution >= 4 is 22.5 Å². The van der Waals surface area contributed by atoms with E-state index >= 15 is 4.39 Å². The number of piperazine rings is 1. The Balaban J connectivity index is 1.46. The first kappa shape index (κ1) is 29.0. The number of hydrogen-bond donors (Lipinski definition) is 1. The average Bonchev–Trinajstić information content (AvgIpc) is 3.44. The van der Waals surface area contributed by atoms with E-state index in [2.05, 4.69) is 15.5 Å². The highest BCUT2D eigenvalue weighted by Crippen LogP contribution is 2.32. The van der Waals surface area contributed by atoms with Crippen LogP contribution in [0, 0.1) is 17.5 Å². The van der Waals surface area contributed by atoms with Crippen LogP contribution in [0.4, 0.5) is 32.0 Å². The molecule has 14 heteroatoms. The van der Waals surface area contributed by atoms with Crippen LogP contribution < -0.4 is 15.6 Å². The molecular weight excluding hydrogens is 592 g/mol. The monoisotopic (exact) mass is 613 g/mol. The Kier molecular flexibility index (Phi) is 7.35. The number of benzene rings is 3. The SMILES string of the molecule is O=C1CN(c2cc3c(cc2F)c(=O)c(-c2noc(Cc4ccc(F)cc4)n2)cn3Cc2ccc(C(F)(F)F)cc2F)CCN1. The Hall–Kier alpha value is -5.14. The molecule has 0 atom stereocenters. The van der Waals surface area contributed by atoms with Crippen LogP contribution in [0.1, 0.15) is 22.6 Å². The lowest BCUT2D eigenvalue weighted by Gasteiger charge is -2.29. The van der Waals surface area contributed by atoms with Gasteiger partial charge in [0.05, 0.1) is 41.8 Å². The third-order valence-electron chi connectivity index (χ3n) is 7.23. The van der Waals surface area contributed by atoms with E-state index in [1.165, 1.54) is 46.0 Å². The number of alkyl halides is 3. The quantitative estimate of drug-likeness (QED) is 0.269. The first-order valence-corrected chi connectivity index (χ1v) is 13.3. The normalized spacial score (nSPS) is 13.9. The number of anilines is 1. The molecule has 0 spiro atoms. The maximum absolute atomic E-state index is 15.4. The fourth-order valence-electron chi connectivity index (χ4n) is 5.02. The summed E-state index contributed by atoms with van der Waals surface area (Å²) in [5, 5.41) is 6.38. The Labute approximate surface area is 244 Å². The molecule has 0 radical (unpaired) electrons. The third kappa shape index (κ3) is 5.74. The molecule has 1 aliphatic heterocycles. The van der Waals surface area contributed by atoms with Crippen molar-refractivity contribution in [3.8, 4) is 11.4 Å². The first-order chi connectivity index (χ1) is 21.0. The second kappa shape index (κ2) is 11.2. The zero-order valence-corrected chi connectivity index (χ0v) is 22.6. The molecule has 8 nitrogen and oxygen atoms in total. The second-order valence-corrected chi connectivity index (χ2v) is 10.2. The fraction of sp³-hybridized carbons (Fsp3) is 0.200. The van der Waals surface area contributed by atoms with Crippen LogP contribution >= 0.6 is 0 Å². The predicted octanol–water partition coefficient (Wildman–Crippen LogP) is 5.06. The molecule has 3 heterocycles. The van der Waals surface area contributed by atoms with Gasteiger partial charge in [0.1, 0.15) is 17.5 Å². The van der Waals surface area contributed by atoms with E-state index in [1.807, 2.05) is 0 Å². The van der Waals surface area contributed by atoms with Gasteiger partial charge >= 0.3 is 6.18 Å². The van der Waals surface area contributed by atoms with Gasteiger partial charge in [-0.15, -0.1) is 0 Å². The molecule has 44 heavy (non-hydrogen) atoms. The molecule has 0 saturated carbocycles. The van der Waals surface area contributed by atoms with Gasteiger partial charge in [-0.1, -0.05) is 23.4 Å². The van der Waals surface area contributed by atoms with Crippen molar-refractivity contribution in [3.63, 3.8) is 0 Å². The number of amides is 1. The summed E-state index contributed by atoms with van der Waals surface area (Å²) in [5.74, 6) is -2.75. The summed E-state index contributed by atoms with van der Waals surface area (Å²) in [6.45, 7) is 0.0537. The van der Waals surface area contributed by atoms with Gasteiger partial charge in [0, 0.05) is 30.2 Å². The highest BCUT2D eigenvalue weighted by atomic mass is 19.4. The largest absolute Gasteiger partial charge is 0.416 e. The molecule has 0 bridgehead atoms. The number of fused-ring (bicyclic) bond motifs is 1. The molecule has 2 aromatic heterocycles. The third-order valence-corrected chi connectivity index (χ3v) is 7.23. The van der Waals surface area contributed by atoms with Crippen LogP contribution in [0.3, 0.4) is 0 Å². The van der Waals surface area contributed by atoms with E-state index in [0.29, 0.717) is 11.6 Å². The van der Waals surface area contributed by atoms with Crippen LogP contribution in [0.5, 0.6) is 0 Å². The lowest BCUT2D eigenvalue weighted by molar-refractivity contribution is -0.137. The van der Waals surface area contributed by atoms with Crippen molar-refractivity contribution in [1.29, 1.82) is 0 Å². The molecule has 5 aromatic rings. The number of hydrogen-bond acceptors (Lipinski definition) is 6. The molecule has 226 valence electrons. The van der Waals surface area contributed by atoms with Gasteiger partial charge in [-0.2, -0.15) is 18.2 Å². The zero-order chi connectivity index (χ0) is 31.2. The number of aromatic nitrogens is 3. The minimum atomic E-state index is -4.76. The molecule has 0 unspecified atom stereocenters. The van der Waals surface area contributed by atoms with E-state index in [1.54, 1.807) is 0 Å². The van der Waals surface area contributed by atoms with Gasteiger partial charge in [-0.25, -0.2) is 13.2 Å². The summed E-state index contributed by atoms with van der Waals surface area (Å²) in [4.78, 5) is 31.3. The van der Waals surface area contributed by atoms with Gasteiger partial charge in [-0.05, 0) is 42.0 Å². The molecule has 1 N–H and O–H groups in total. The van der Waals surface area contributed by atoms with Crippen LogP contribution in [-0.4, -0.2) is 40.2 Å². The summed E-state index contributed by atoms with van der Waals surface area (Å²) >= 11 is 0. The van der Waals surface area contributed by atoms with Crippen LogP contribution in [0.15, 0.2) is 70.1 Å². The summed E-state index contributed by atoms with van der Waals surface area (Å²) in [5.41, 5.74) is -1.32. The number of nitrogens with zero attached hydrogens (tertiary/aromatic N) is 4. The van der Waals surface area contributed by atoms with E-state index in [9.17, 15) is 31.5 Å².